The zero-order chi connectivity index (χ0) is 10.8. The number of rotatable bonds is 2. The summed E-state index contributed by atoms with van der Waals surface area (Å²) in [6, 6.07) is 0. The first kappa shape index (κ1) is 10.8. The second kappa shape index (κ2) is 4.42. The van der Waals surface area contributed by atoms with Crippen molar-refractivity contribution in [1.82, 2.24) is 0 Å². The molecule has 0 radical (unpaired) electrons. The predicted molar refractivity (Wildman–Crippen MR) is 60.3 cm³/mol. The third-order valence-electron chi connectivity index (χ3n) is 2.46. The van der Waals surface area contributed by atoms with E-state index in [1.165, 1.54) is 0 Å². The monoisotopic (exact) mass is 230 g/mol. The Balaban J connectivity index is 2.04. The Morgan fingerprint density at radius 1 is 1.67 bits per heavy atom. The number of ether oxygens (including phenoxy) is 1. The van der Waals surface area contributed by atoms with Crippen molar-refractivity contribution >= 4 is 26.9 Å². The molecule has 1 fully saturated rings. The SMILES string of the molecule is NC1=NC(=O)S([C@H]2CC[C@@H](CO)O2)=CC1. The molecule has 2 aliphatic heterocycles. The normalized spacial score (nSPS) is 36.2. The molecule has 0 aliphatic carbocycles. The first-order valence-electron chi connectivity index (χ1n) is 4.89. The Morgan fingerprint density at radius 3 is 3.07 bits per heavy atom. The summed E-state index contributed by atoms with van der Waals surface area (Å²) < 4.78 is 5.56. The summed E-state index contributed by atoms with van der Waals surface area (Å²) in [5, 5.41) is 10.6. The number of nitrogens with two attached hydrogens (primary N) is 1. The van der Waals surface area contributed by atoms with Crippen LogP contribution in [0.2, 0.25) is 0 Å². The van der Waals surface area contributed by atoms with Crippen LogP contribution in [0.5, 0.6) is 0 Å². The minimum Gasteiger partial charge on any atom is -0.394 e. The Bertz CT molecular complexity index is 340. The van der Waals surface area contributed by atoms with Crippen LogP contribution in [0.1, 0.15) is 19.3 Å². The highest BCUT2D eigenvalue weighted by Gasteiger charge is 2.30. The van der Waals surface area contributed by atoms with Crippen molar-refractivity contribution in [3.63, 3.8) is 0 Å². The van der Waals surface area contributed by atoms with E-state index in [1.807, 2.05) is 5.37 Å². The van der Waals surface area contributed by atoms with Gasteiger partial charge in [0.2, 0.25) is 0 Å². The van der Waals surface area contributed by atoms with Gasteiger partial charge in [-0.25, -0.2) is 0 Å². The van der Waals surface area contributed by atoms with Crippen molar-refractivity contribution in [2.24, 2.45) is 10.7 Å². The number of carbonyl (C=O) groups is 1. The van der Waals surface area contributed by atoms with E-state index >= 15 is 0 Å². The highest BCUT2D eigenvalue weighted by atomic mass is 32.2. The maximum Gasteiger partial charge on any atom is 0.303 e. The van der Waals surface area contributed by atoms with E-state index < -0.39 is 10.5 Å². The maximum atomic E-state index is 11.6. The molecular weight excluding hydrogens is 216 g/mol. The summed E-state index contributed by atoms with van der Waals surface area (Å²) in [6.45, 7) is 0.0211. The van der Waals surface area contributed by atoms with Gasteiger partial charge in [0, 0.05) is 6.42 Å². The number of aliphatic hydroxyl groups is 1. The second-order valence-corrected chi connectivity index (χ2v) is 5.51. The molecule has 1 unspecified atom stereocenters. The van der Waals surface area contributed by atoms with Crippen molar-refractivity contribution < 1.29 is 14.6 Å². The molecule has 2 rings (SSSR count). The van der Waals surface area contributed by atoms with Crippen LogP contribution in [-0.4, -0.2) is 39.7 Å². The Labute approximate surface area is 90.2 Å². The molecular formula is C9H14N2O3S. The standard InChI is InChI=1S/C9H14N2O3S/c10-7-3-4-15(9(13)11-7)8-2-1-6(5-12)14-8/h4,6,8,12H,1-3,5H2,(H2,10,11,13)/t6-,8-,15?/m0/s1. The highest BCUT2D eigenvalue weighted by Crippen LogP contribution is 2.35. The van der Waals surface area contributed by atoms with Gasteiger partial charge in [-0.1, -0.05) is 10.5 Å². The quantitative estimate of drug-likeness (QED) is 0.674. The van der Waals surface area contributed by atoms with E-state index in [9.17, 15) is 4.79 Å². The van der Waals surface area contributed by atoms with Gasteiger partial charge < -0.3 is 15.6 Å². The Morgan fingerprint density at radius 2 is 2.47 bits per heavy atom. The van der Waals surface area contributed by atoms with E-state index in [2.05, 4.69) is 4.99 Å². The van der Waals surface area contributed by atoms with Gasteiger partial charge in [-0.3, -0.25) is 4.79 Å². The second-order valence-electron chi connectivity index (χ2n) is 3.56. The lowest BCUT2D eigenvalue weighted by atomic mass is 10.2. The smallest absolute Gasteiger partial charge is 0.303 e. The van der Waals surface area contributed by atoms with Crippen molar-refractivity contribution in [3.05, 3.63) is 0 Å². The molecule has 0 aromatic heterocycles. The number of amides is 1. The van der Waals surface area contributed by atoms with Crippen molar-refractivity contribution in [3.8, 4) is 0 Å². The van der Waals surface area contributed by atoms with E-state index in [0.717, 1.165) is 12.8 Å². The molecule has 3 N–H and O–H groups in total. The number of amidine groups is 1. The number of aliphatic imine (C=N–C) groups is 1. The Kier molecular flexibility index (Phi) is 3.18. The third-order valence-corrected chi connectivity index (χ3v) is 4.40. The summed E-state index contributed by atoms with van der Waals surface area (Å²) in [5.74, 6) is 0.375. The molecule has 2 aliphatic rings. The molecule has 0 spiro atoms. The van der Waals surface area contributed by atoms with Crippen LogP contribution >= 0.6 is 10.5 Å². The number of hydrogen-bond acceptors (Lipinski definition) is 4. The van der Waals surface area contributed by atoms with Crippen LogP contribution in [0.3, 0.4) is 0 Å². The van der Waals surface area contributed by atoms with Gasteiger partial charge in [0.1, 0.15) is 11.3 Å². The van der Waals surface area contributed by atoms with Gasteiger partial charge in [-0.2, -0.15) is 4.99 Å². The lowest BCUT2D eigenvalue weighted by Gasteiger charge is -2.17. The van der Waals surface area contributed by atoms with Crippen LogP contribution in [0.4, 0.5) is 4.79 Å². The number of hydrogen-bond donors (Lipinski definition) is 2. The van der Waals surface area contributed by atoms with E-state index in [4.69, 9.17) is 15.6 Å². The average Bonchev–Trinajstić information content (AvgIpc) is 2.66. The fraction of sp³-hybridized carbons (Fsp3) is 0.667. The number of carbonyl (C=O) groups excluding carboxylic acids is 1. The molecule has 0 saturated carbocycles. The van der Waals surface area contributed by atoms with Gasteiger partial charge in [-0.05, 0) is 18.2 Å². The lowest BCUT2D eigenvalue weighted by Crippen LogP contribution is -2.21. The van der Waals surface area contributed by atoms with Gasteiger partial charge in [0.15, 0.2) is 0 Å². The average molecular weight is 230 g/mol. The van der Waals surface area contributed by atoms with Crippen LogP contribution in [-0.2, 0) is 4.74 Å². The van der Waals surface area contributed by atoms with Crippen LogP contribution in [0, 0.1) is 0 Å². The first-order chi connectivity index (χ1) is 7.20. The molecule has 3 atom stereocenters. The van der Waals surface area contributed by atoms with E-state index in [0.29, 0.717) is 12.3 Å². The minimum atomic E-state index is -0.572. The van der Waals surface area contributed by atoms with Crippen molar-refractivity contribution in [1.29, 1.82) is 0 Å². The molecule has 1 amide bonds. The minimum absolute atomic E-state index is 0.0211. The lowest BCUT2D eigenvalue weighted by molar-refractivity contribution is 0.0462. The number of nitrogens with zero attached hydrogens (tertiary/aromatic N) is 1. The summed E-state index contributed by atoms with van der Waals surface area (Å²) in [6.07, 6.45) is 2.06. The molecule has 0 aromatic carbocycles. The molecule has 1 saturated heterocycles. The largest absolute Gasteiger partial charge is 0.394 e. The fourth-order valence-electron chi connectivity index (χ4n) is 1.68. The van der Waals surface area contributed by atoms with Gasteiger partial charge in [0.05, 0.1) is 12.7 Å². The summed E-state index contributed by atoms with van der Waals surface area (Å²) in [4.78, 5) is 15.3. The highest BCUT2D eigenvalue weighted by molar-refractivity contribution is 8.28. The summed E-state index contributed by atoms with van der Waals surface area (Å²) in [5.41, 5.74) is 5.36. The molecule has 2 heterocycles. The van der Waals surface area contributed by atoms with E-state index in [-0.39, 0.29) is 23.4 Å². The van der Waals surface area contributed by atoms with Gasteiger partial charge in [-0.15, -0.1) is 0 Å². The van der Waals surface area contributed by atoms with Crippen LogP contribution < -0.4 is 5.73 Å². The molecule has 15 heavy (non-hydrogen) atoms. The maximum absolute atomic E-state index is 11.6. The molecule has 84 valence electrons. The first-order valence-corrected chi connectivity index (χ1v) is 6.24. The predicted octanol–water partition coefficient (Wildman–Crippen LogP) is 0.436. The molecule has 5 nitrogen and oxygen atoms in total. The van der Waals surface area contributed by atoms with Gasteiger partial charge in [0.25, 0.3) is 0 Å². The summed E-state index contributed by atoms with van der Waals surface area (Å²) in [7, 11) is -0.572. The zero-order valence-electron chi connectivity index (χ0n) is 8.26. The molecule has 0 aromatic rings. The molecule has 0 bridgehead atoms. The van der Waals surface area contributed by atoms with Crippen molar-refractivity contribution in [2.75, 3.05) is 6.61 Å². The fourth-order valence-corrected chi connectivity index (χ4v) is 3.50. The summed E-state index contributed by atoms with van der Waals surface area (Å²) >= 11 is 0. The van der Waals surface area contributed by atoms with Crippen LogP contribution in [0.25, 0.3) is 0 Å². The van der Waals surface area contributed by atoms with E-state index in [1.54, 1.807) is 0 Å². The zero-order valence-corrected chi connectivity index (χ0v) is 9.07. The topological polar surface area (TPSA) is 84.9 Å². The van der Waals surface area contributed by atoms with Crippen molar-refractivity contribution in [2.45, 2.75) is 30.8 Å². The van der Waals surface area contributed by atoms with Gasteiger partial charge >= 0.3 is 5.24 Å². The Hall–Kier alpha value is -0.720. The third kappa shape index (κ3) is 2.27. The molecule has 6 heteroatoms. The number of aliphatic hydroxyl groups excluding tert-OH is 1. The van der Waals surface area contributed by atoms with Crippen LogP contribution in [0.15, 0.2) is 4.99 Å².